The zero-order valence-electron chi connectivity index (χ0n) is 14.3. The molecule has 0 bridgehead atoms. The Morgan fingerprint density at radius 3 is 2.35 bits per heavy atom. The topological polar surface area (TPSA) is 32.7 Å². The van der Waals surface area contributed by atoms with Gasteiger partial charge in [0.05, 0.1) is 16.9 Å². The van der Waals surface area contributed by atoms with Crippen LogP contribution in [-0.2, 0) is 4.79 Å². The molecule has 0 N–H and O–H groups in total. The Morgan fingerprint density at radius 2 is 1.50 bits per heavy atom. The lowest BCUT2D eigenvalue weighted by Gasteiger charge is -2.07. The molecular weight excluding hydrogens is 320 g/mol. The zero-order valence-corrected chi connectivity index (χ0v) is 14.3. The number of para-hydroxylation sites is 2. The molecule has 3 aromatic rings. The fourth-order valence-corrected chi connectivity index (χ4v) is 2.92. The minimum atomic E-state index is -0.1000. The van der Waals surface area contributed by atoms with Crippen molar-refractivity contribution in [3.05, 3.63) is 95.6 Å². The second kappa shape index (κ2) is 6.70. The second-order valence-corrected chi connectivity index (χ2v) is 5.97. The molecule has 0 spiro atoms. The van der Waals surface area contributed by atoms with Gasteiger partial charge in [-0.3, -0.25) is 4.79 Å². The highest BCUT2D eigenvalue weighted by Crippen LogP contribution is 2.30. The highest BCUT2D eigenvalue weighted by molar-refractivity contribution is 6.54. The molecule has 3 aromatic carbocycles. The number of hydrogen-bond donors (Lipinski definition) is 0. The van der Waals surface area contributed by atoms with Crippen LogP contribution in [0.5, 0.6) is 0 Å². The van der Waals surface area contributed by atoms with Crippen molar-refractivity contribution in [3.63, 3.8) is 0 Å². The van der Waals surface area contributed by atoms with E-state index in [2.05, 4.69) is 16.8 Å². The van der Waals surface area contributed by atoms with E-state index >= 15 is 0 Å². The van der Waals surface area contributed by atoms with Gasteiger partial charge in [0, 0.05) is 18.2 Å². The standard InChI is InChI=1S/C23H16N2O/c1-25-21-14-8-6-12-19(21)22(23(25)26)24-20-13-7-5-11-18(20)16-15-17-9-3-2-4-10-17/h2-14H,1H3. The van der Waals surface area contributed by atoms with Crippen LogP contribution in [0.1, 0.15) is 16.7 Å². The summed E-state index contributed by atoms with van der Waals surface area (Å²) in [5, 5.41) is 0. The zero-order chi connectivity index (χ0) is 17.9. The van der Waals surface area contributed by atoms with Crippen LogP contribution < -0.4 is 4.90 Å². The smallest absolute Gasteiger partial charge is 0.277 e. The molecule has 3 heteroatoms. The van der Waals surface area contributed by atoms with Gasteiger partial charge in [0.25, 0.3) is 5.91 Å². The van der Waals surface area contributed by atoms with Gasteiger partial charge >= 0.3 is 0 Å². The lowest BCUT2D eigenvalue weighted by atomic mass is 10.1. The van der Waals surface area contributed by atoms with Crippen molar-refractivity contribution in [1.82, 2.24) is 0 Å². The summed E-state index contributed by atoms with van der Waals surface area (Å²) in [6, 6.07) is 25.1. The molecule has 0 saturated carbocycles. The highest BCUT2D eigenvalue weighted by Gasteiger charge is 2.30. The van der Waals surface area contributed by atoms with Gasteiger partial charge in [0.15, 0.2) is 0 Å². The molecular formula is C23H16N2O. The van der Waals surface area contributed by atoms with E-state index in [-0.39, 0.29) is 5.91 Å². The third-order valence-corrected chi connectivity index (χ3v) is 4.28. The summed E-state index contributed by atoms with van der Waals surface area (Å²) < 4.78 is 0. The van der Waals surface area contributed by atoms with Crippen LogP contribution in [0.15, 0.2) is 83.9 Å². The second-order valence-electron chi connectivity index (χ2n) is 5.97. The van der Waals surface area contributed by atoms with Crippen LogP contribution in [0.25, 0.3) is 0 Å². The predicted molar refractivity (Wildman–Crippen MR) is 105 cm³/mol. The number of amides is 1. The molecule has 0 fully saturated rings. The van der Waals surface area contributed by atoms with Crippen LogP contribution in [-0.4, -0.2) is 18.7 Å². The Bertz CT molecular complexity index is 1070. The molecule has 0 aliphatic carbocycles. The molecule has 3 nitrogen and oxygen atoms in total. The Balaban J connectivity index is 1.78. The number of fused-ring (bicyclic) bond motifs is 1. The van der Waals surface area contributed by atoms with Crippen LogP contribution in [0.3, 0.4) is 0 Å². The lowest BCUT2D eigenvalue weighted by molar-refractivity contribution is -0.111. The maximum absolute atomic E-state index is 12.6. The van der Waals surface area contributed by atoms with Crippen molar-refractivity contribution in [1.29, 1.82) is 0 Å². The van der Waals surface area contributed by atoms with Crippen molar-refractivity contribution in [2.24, 2.45) is 4.99 Å². The number of carbonyl (C=O) groups excluding carboxylic acids is 1. The average Bonchev–Trinajstić information content (AvgIpc) is 2.93. The van der Waals surface area contributed by atoms with Crippen molar-refractivity contribution >= 4 is 23.0 Å². The number of rotatable bonds is 1. The number of hydrogen-bond acceptors (Lipinski definition) is 2. The molecule has 0 saturated heterocycles. The van der Waals surface area contributed by atoms with E-state index in [1.54, 1.807) is 11.9 Å². The number of carbonyl (C=O) groups is 1. The maximum Gasteiger partial charge on any atom is 0.277 e. The number of aliphatic imine (C=N–C) groups is 1. The first-order valence-electron chi connectivity index (χ1n) is 8.36. The normalized spacial score (nSPS) is 14.1. The molecule has 1 aliphatic heterocycles. The highest BCUT2D eigenvalue weighted by atomic mass is 16.2. The van der Waals surface area contributed by atoms with Crippen molar-refractivity contribution in [3.8, 4) is 11.8 Å². The monoisotopic (exact) mass is 336 g/mol. The van der Waals surface area contributed by atoms with Gasteiger partial charge in [-0.05, 0) is 30.3 Å². The van der Waals surface area contributed by atoms with E-state index in [1.165, 1.54) is 0 Å². The van der Waals surface area contributed by atoms with E-state index in [9.17, 15) is 4.79 Å². The Labute approximate surface area is 152 Å². The van der Waals surface area contributed by atoms with Crippen molar-refractivity contribution < 1.29 is 4.79 Å². The summed E-state index contributed by atoms with van der Waals surface area (Å²) in [7, 11) is 1.77. The summed E-state index contributed by atoms with van der Waals surface area (Å²) in [6.07, 6.45) is 0. The molecule has 0 atom stereocenters. The molecule has 26 heavy (non-hydrogen) atoms. The van der Waals surface area contributed by atoms with Crippen molar-refractivity contribution in [2.45, 2.75) is 0 Å². The molecule has 0 aromatic heterocycles. The fourth-order valence-electron chi connectivity index (χ4n) is 2.92. The molecule has 1 aliphatic rings. The van der Waals surface area contributed by atoms with Crippen LogP contribution in [0.2, 0.25) is 0 Å². The van der Waals surface area contributed by atoms with E-state index < -0.39 is 0 Å². The van der Waals surface area contributed by atoms with Gasteiger partial charge in [-0.1, -0.05) is 60.4 Å². The van der Waals surface area contributed by atoms with Gasteiger partial charge in [0.2, 0.25) is 0 Å². The third-order valence-electron chi connectivity index (χ3n) is 4.28. The van der Waals surface area contributed by atoms with E-state index in [4.69, 9.17) is 0 Å². The number of anilines is 1. The Kier molecular flexibility index (Phi) is 4.09. The summed E-state index contributed by atoms with van der Waals surface area (Å²) in [6.45, 7) is 0. The third kappa shape index (κ3) is 2.89. The van der Waals surface area contributed by atoms with Crippen LogP contribution >= 0.6 is 0 Å². The van der Waals surface area contributed by atoms with Crippen LogP contribution in [0.4, 0.5) is 11.4 Å². The molecule has 4 rings (SSSR count). The van der Waals surface area contributed by atoms with E-state index in [0.29, 0.717) is 11.4 Å². The summed E-state index contributed by atoms with van der Waals surface area (Å²) in [4.78, 5) is 18.9. The van der Waals surface area contributed by atoms with Gasteiger partial charge in [-0.2, -0.15) is 0 Å². The Hall–Kier alpha value is -3.64. The summed E-state index contributed by atoms with van der Waals surface area (Å²) in [5.41, 5.74) is 4.62. The lowest BCUT2D eigenvalue weighted by Crippen LogP contribution is -2.25. The molecule has 0 unspecified atom stereocenters. The first-order chi connectivity index (χ1) is 12.7. The minimum absolute atomic E-state index is 0.1000. The maximum atomic E-state index is 12.6. The largest absolute Gasteiger partial charge is 0.309 e. The van der Waals surface area contributed by atoms with Crippen molar-refractivity contribution in [2.75, 3.05) is 11.9 Å². The predicted octanol–water partition coefficient (Wildman–Crippen LogP) is 4.18. The van der Waals surface area contributed by atoms with E-state index in [0.717, 1.165) is 22.4 Å². The first kappa shape index (κ1) is 15.9. The number of likely N-dealkylation sites (N-methyl/N-ethyl adjacent to an activating group) is 1. The summed E-state index contributed by atoms with van der Waals surface area (Å²) in [5.74, 6) is 6.22. The van der Waals surface area contributed by atoms with Gasteiger partial charge < -0.3 is 4.90 Å². The SMILES string of the molecule is CN1C(=O)C(=Nc2ccccc2C#Cc2ccccc2)c2ccccc21. The molecule has 0 radical (unpaired) electrons. The minimum Gasteiger partial charge on any atom is -0.309 e. The van der Waals surface area contributed by atoms with Gasteiger partial charge in [-0.25, -0.2) is 4.99 Å². The molecule has 1 amide bonds. The molecule has 1 heterocycles. The number of nitrogens with zero attached hydrogens (tertiary/aromatic N) is 2. The summed E-state index contributed by atoms with van der Waals surface area (Å²) >= 11 is 0. The van der Waals surface area contributed by atoms with E-state index in [1.807, 2.05) is 78.9 Å². The average molecular weight is 336 g/mol. The quantitative estimate of drug-likeness (QED) is 0.614. The Morgan fingerprint density at radius 1 is 0.808 bits per heavy atom. The van der Waals surface area contributed by atoms with Crippen LogP contribution in [0, 0.1) is 11.8 Å². The molecule has 124 valence electrons. The fraction of sp³-hybridized carbons (Fsp3) is 0.0435. The van der Waals surface area contributed by atoms with Gasteiger partial charge in [0.1, 0.15) is 5.71 Å². The number of benzene rings is 3. The van der Waals surface area contributed by atoms with Gasteiger partial charge in [-0.15, -0.1) is 0 Å². The first-order valence-corrected chi connectivity index (χ1v) is 8.36.